The van der Waals surface area contributed by atoms with Gasteiger partial charge < -0.3 is 0 Å². The van der Waals surface area contributed by atoms with Crippen molar-refractivity contribution in [2.45, 2.75) is 32.6 Å². The fraction of sp³-hybridized carbons (Fsp3) is 0.250. The van der Waals surface area contributed by atoms with Crippen LogP contribution in [0.2, 0.25) is 0 Å². The van der Waals surface area contributed by atoms with Crippen LogP contribution >= 0.6 is 0 Å². The maximum Gasteiger partial charge on any atom is 0.0708 e. The van der Waals surface area contributed by atoms with E-state index in [0.717, 1.165) is 17.6 Å². The number of benzene rings is 2. The molecule has 2 aromatic carbocycles. The fourth-order valence-corrected chi connectivity index (χ4v) is 3.86. The molecule has 0 bridgehead atoms. The molecule has 0 fully saturated rings. The Bertz CT molecular complexity index is 859. The van der Waals surface area contributed by atoms with E-state index in [1.807, 2.05) is 0 Å². The predicted octanol–water partition coefficient (Wildman–Crippen LogP) is 4.77. The Labute approximate surface area is 125 Å². The zero-order valence-corrected chi connectivity index (χ0v) is 12.8. The molecular formula is C20H19N. The highest BCUT2D eigenvalue weighted by Gasteiger charge is 2.33. The van der Waals surface area contributed by atoms with Gasteiger partial charge in [-0.2, -0.15) is 0 Å². The lowest BCUT2D eigenvalue weighted by molar-refractivity contribution is 0.617. The van der Waals surface area contributed by atoms with Gasteiger partial charge in [-0.3, -0.25) is 4.98 Å². The first kappa shape index (κ1) is 12.6. The zero-order valence-electron chi connectivity index (χ0n) is 12.8. The molecule has 0 spiro atoms. The van der Waals surface area contributed by atoms with Gasteiger partial charge in [-0.1, -0.05) is 50.2 Å². The van der Waals surface area contributed by atoms with Crippen LogP contribution in [0.1, 0.15) is 41.8 Å². The molecule has 0 radical (unpaired) electrons. The van der Waals surface area contributed by atoms with E-state index in [9.17, 15) is 0 Å². The van der Waals surface area contributed by atoms with Crippen molar-refractivity contribution in [1.82, 2.24) is 4.98 Å². The standard InChI is InChI=1S/C20H19N/c1-13-8-10-16-18(21-13)11-9-15-12-14-6-4-5-7-17(14)20(2,3)19(15)16/h4-11H,12H2,1-3H3. The summed E-state index contributed by atoms with van der Waals surface area (Å²) in [6.45, 7) is 6.73. The number of pyridine rings is 1. The minimum absolute atomic E-state index is 0.0284. The number of aryl methyl sites for hydroxylation is 1. The molecule has 1 aliphatic carbocycles. The first-order chi connectivity index (χ1) is 10.1. The lowest BCUT2D eigenvalue weighted by atomic mass is 9.68. The van der Waals surface area contributed by atoms with E-state index in [1.54, 1.807) is 0 Å². The summed E-state index contributed by atoms with van der Waals surface area (Å²) in [6.07, 6.45) is 1.03. The van der Waals surface area contributed by atoms with Gasteiger partial charge in [-0.15, -0.1) is 0 Å². The minimum Gasteiger partial charge on any atom is -0.253 e. The quantitative estimate of drug-likeness (QED) is 0.575. The van der Waals surface area contributed by atoms with Crippen molar-refractivity contribution in [3.05, 3.63) is 76.5 Å². The highest BCUT2D eigenvalue weighted by Crippen LogP contribution is 2.44. The number of aromatic nitrogens is 1. The molecule has 1 heterocycles. The first-order valence-electron chi connectivity index (χ1n) is 7.55. The third kappa shape index (κ3) is 1.73. The van der Waals surface area contributed by atoms with Crippen molar-refractivity contribution in [2.75, 3.05) is 0 Å². The summed E-state index contributed by atoms with van der Waals surface area (Å²) in [4.78, 5) is 4.71. The highest BCUT2D eigenvalue weighted by atomic mass is 14.7. The number of nitrogens with zero attached hydrogens (tertiary/aromatic N) is 1. The maximum atomic E-state index is 4.71. The summed E-state index contributed by atoms with van der Waals surface area (Å²) < 4.78 is 0. The topological polar surface area (TPSA) is 12.9 Å². The van der Waals surface area contributed by atoms with Gasteiger partial charge in [0.2, 0.25) is 0 Å². The molecule has 104 valence electrons. The van der Waals surface area contributed by atoms with Gasteiger partial charge in [0.25, 0.3) is 0 Å². The van der Waals surface area contributed by atoms with E-state index in [4.69, 9.17) is 4.98 Å². The van der Waals surface area contributed by atoms with Gasteiger partial charge in [-0.05, 0) is 47.7 Å². The van der Waals surface area contributed by atoms with E-state index >= 15 is 0 Å². The lowest BCUT2D eigenvalue weighted by Crippen LogP contribution is -2.27. The molecule has 1 aromatic heterocycles. The average molecular weight is 273 g/mol. The maximum absolute atomic E-state index is 4.71. The highest BCUT2D eigenvalue weighted by molar-refractivity contribution is 5.86. The number of fused-ring (bicyclic) bond motifs is 4. The zero-order chi connectivity index (χ0) is 14.6. The summed E-state index contributed by atoms with van der Waals surface area (Å²) in [5.41, 5.74) is 8.02. The molecular weight excluding hydrogens is 254 g/mol. The summed E-state index contributed by atoms with van der Waals surface area (Å²) in [7, 11) is 0. The Hall–Kier alpha value is -2.15. The second kappa shape index (κ2) is 4.17. The largest absolute Gasteiger partial charge is 0.253 e. The fourth-order valence-electron chi connectivity index (χ4n) is 3.86. The molecule has 1 nitrogen and oxygen atoms in total. The third-order valence-corrected chi connectivity index (χ3v) is 4.79. The molecule has 0 N–H and O–H groups in total. The van der Waals surface area contributed by atoms with Gasteiger partial charge in [0.15, 0.2) is 0 Å². The molecule has 0 atom stereocenters. The molecule has 1 heteroatoms. The van der Waals surface area contributed by atoms with Crippen molar-refractivity contribution in [1.29, 1.82) is 0 Å². The van der Waals surface area contributed by atoms with Crippen molar-refractivity contribution in [3.8, 4) is 0 Å². The summed E-state index contributed by atoms with van der Waals surface area (Å²) >= 11 is 0. The monoisotopic (exact) mass is 273 g/mol. The average Bonchev–Trinajstić information content (AvgIpc) is 2.47. The third-order valence-electron chi connectivity index (χ3n) is 4.79. The second-order valence-electron chi connectivity index (χ2n) is 6.58. The van der Waals surface area contributed by atoms with E-state index < -0.39 is 0 Å². The molecule has 0 aliphatic heterocycles. The molecule has 4 rings (SSSR count). The molecule has 0 amide bonds. The Kier molecular flexibility index (Phi) is 2.50. The SMILES string of the molecule is Cc1ccc2c3c(ccc2n1)Cc1ccccc1C3(C)C. The Morgan fingerprint density at radius 2 is 1.71 bits per heavy atom. The summed E-state index contributed by atoms with van der Waals surface area (Å²) in [5.74, 6) is 0. The van der Waals surface area contributed by atoms with Crippen LogP contribution in [0.4, 0.5) is 0 Å². The first-order valence-corrected chi connectivity index (χ1v) is 7.55. The van der Waals surface area contributed by atoms with Crippen LogP contribution in [0.15, 0.2) is 48.5 Å². The van der Waals surface area contributed by atoms with E-state index in [1.165, 1.54) is 27.6 Å². The van der Waals surface area contributed by atoms with Crippen molar-refractivity contribution in [3.63, 3.8) is 0 Å². The van der Waals surface area contributed by atoms with Crippen molar-refractivity contribution >= 4 is 10.9 Å². The Balaban J connectivity index is 2.08. The Morgan fingerprint density at radius 3 is 2.57 bits per heavy atom. The molecule has 0 unspecified atom stereocenters. The van der Waals surface area contributed by atoms with Gasteiger partial charge >= 0.3 is 0 Å². The van der Waals surface area contributed by atoms with Crippen LogP contribution in [0.3, 0.4) is 0 Å². The van der Waals surface area contributed by atoms with E-state index in [2.05, 4.69) is 69.3 Å². The van der Waals surface area contributed by atoms with Crippen LogP contribution in [-0.4, -0.2) is 4.98 Å². The molecule has 21 heavy (non-hydrogen) atoms. The summed E-state index contributed by atoms with van der Waals surface area (Å²) in [6, 6.07) is 17.6. The predicted molar refractivity (Wildman–Crippen MR) is 87.9 cm³/mol. The van der Waals surface area contributed by atoms with Crippen LogP contribution in [-0.2, 0) is 11.8 Å². The molecule has 0 saturated carbocycles. The van der Waals surface area contributed by atoms with Gasteiger partial charge in [-0.25, -0.2) is 0 Å². The smallest absolute Gasteiger partial charge is 0.0708 e. The minimum atomic E-state index is 0.0284. The van der Waals surface area contributed by atoms with Crippen LogP contribution < -0.4 is 0 Å². The van der Waals surface area contributed by atoms with E-state index in [-0.39, 0.29) is 5.41 Å². The van der Waals surface area contributed by atoms with Gasteiger partial charge in [0, 0.05) is 16.5 Å². The number of hydrogen-bond acceptors (Lipinski definition) is 1. The number of hydrogen-bond donors (Lipinski definition) is 0. The van der Waals surface area contributed by atoms with Gasteiger partial charge in [0.1, 0.15) is 0 Å². The second-order valence-corrected chi connectivity index (χ2v) is 6.58. The van der Waals surface area contributed by atoms with Crippen LogP contribution in [0, 0.1) is 6.92 Å². The Morgan fingerprint density at radius 1 is 0.905 bits per heavy atom. The van der Waals surface area contributed by atoms with Crippen LogP contribution in [0.5, 0.6) is 0 Å². The van der Waals surface area contributed by atoms with Crippen molar-refractivity contribution in [2.24, 2.45) is 0 Å². The summed E-state index contributed by atoms with van der Waals surface area (Å²) in [5, 5.41) is 1.30. The van der Waals surface area contributed by atoms with Crippen LogP contribution in [0.25, 0.3) is 10.9 Å². The molecule has 1 aliphatic rings. The van der Waals surface area contributed by atoms with Gasteiger partial charge in [0.05, 0.1) is 5.52 Å². The lowest BCUT2D eigenvalue weighted by Gasteiger charge is -2.36. The van der Waals surface area contributed by atoms with E-state index in [0.29, 0.717) is 0 Å². The van der Waals surface area contributed by atoms with Crippen molar-refractivity contribution < 1.29 is 0 Å². The number of rotatable bonds is 0. The normalized spacial score (nSPS) is 15.6. The molecule has 3 aromatic rings. The molecule has 0 saturated heterocycles.